The summed E-state index contributed by atoms with van der Waals surface area (Å²) in [7, 11) is 0. The summed E-state index contributed by atoms with van der Waals surface area (Å²) in [4.78, 5) is 2.34. The molecule has 1 heterocycles. The maximum atomic E-state index is 13.9. The van der Waals surface area contributed by atoms with Crippen LogP contribution < -0.4 is 0 Å². The summed E-state index contributed by atoms with van der Waals surface area (Å²) in [6, 6.07) is 5.50. The maximum absolute atomic E-state index is 13.9. The zero-order valence-electron chi connectivity index (χ0n) is 11.6. The summed E-state index contributed by atoms with van der Waals surface area (Å²) in [5, 5.41) is 0. The Balaban J connectivity index is 1.74. The van der Waals surface area contributed by atoms with Crippen LogP contribution in [-0.2, 0) is 4.74 Å². The molecule has 0 amide bonds. The van der Waals surface area contributed by atoms with Crippen LogP contribution in [0.2, 0.25) is 0 Å². The van der Waals surface area contributed by atoms with Crippen LogP contribution in [0.1, 0.15) is 37.2 Å². The van der Waals surface area contributed by atoms with Crippen LogP contribution in [0.4, 0.5) is 8.78 Å². The molecule has 20 heavy (non-hydrogen) atoms. The number of hydrogen-bond donors (Lipinski definition) is 0. The summed E-state index contributed by atoms with van der Waals surface area (Å²) in [5.41, 5.74) is 0.276. The molecule has 2 aliphatic rings. The third-order valence-corrected chi connectivity index (χ3v) is 4.37. The first-order chi connectivity index (χ1) is 9.75. The van der Waals surface area contributed by atoms with Gasteiger partial charge in [-0.3, -0.25) is 4.90 Å². The lowest BCUT2D eigenvalue weighted by atomic mass is 9.80. The molecule has 0 aromatic heterocycles. The molecule has 2 fully saturated rings. The fourth-order valence-corrected chi connectivity index (χ4v) is 3.35. The van der Waals surface area contributed by atoms with Gasteiger partial charge in [-0.15, -0.1) is 0 Å². The minimum Gasteiger partial charge on any atom is -0.379 e. The lowest BCUT2D eigenvalue weighted by molar-refractivity contribution is 0.0333. The van der Waals surface area contributed by atoms with Crippen molar-refractivity contribution in [2.24, 2.45) is 0 Å². The van der Waals surface area contributed by atoms with Gasteiger partial charge in [-0.25, -0.2) is 8.78 Å². The highest BCUT2D eigenvalue weighted by molar-refractivity contribution is 5.25. The largest absolute Gasteiger partial charge is 0.379 e. The minimum atomic E-state index is -0.404. The van der Waals surface area contributed by atoms with Crippen molar-refractivity contribution >= 4 is 0 Å². The van der Waals surface area contributed by atoms with Gasteiger partial charge in [-0.1, -0.05) is 12.5 Å². The third-order valence-electron chi connectivity index (χ3n) is 4.37. The molecular weight excluding hydrogens is 260 g/mol. The van der Waals surface area contributed by atoms with E-state index in [1.165, 1.54) is 24.2 Å². The van der Waals surface area contributed by atoms with Crippen LogP contribution in [0.5, 0.6) is 0 Å². The predicted molar refractivity (Wildman–Crippen MR) is 73.2 cm³/mol. The van der Waals surface area contributed by atoms with Crippen molar-refractivity contribution < 1.29 is 13.5 Å². The summed E-state index contributed by atoms with van der Waals surface area (Å²) >= 11 is 0. The SMILES string of the molecule is Fc1cccc(F)c1C1CCC[C](N2CCOCC2)C1. The highest BCUT2D eigenvalue weighted by Crippen LogP contribution is 2.40. The summed E-state index contributed by atoms with van der Waals surface area (Å²) in [5.74, 6) is -0.834. The van der Waals surface area contributed by atoms with Gasteiger partial charge >= 0.3 is 0 Å². The lowest BCUT2D eigenvalue weighted by Gasteiger charge is -2.38. The molecule has 1 saturated heterocycles. The molecule has 1 saturated carbocycles. The topological polar surface area (TPSA) is 12.5 Å². The van der Waals surface area contributed by atoms with Crippen molar-refractivity contribution in [3.05, 3.63) is 41.4 Å². The fourth-order valence-electron chi connectivity index (χ4n) is 3.35. The molecule has 1 radical (unpaired) electrons. The van der Waals surface area contributed by atoms with Crippen LogP contribution in [-0.4, -0.2) is 31.2 Å². The van der Waals surface area contributed by atoms with E-state index in [0.717, 1.165) is 52.0 Å². The van der Waals surface area contributed by atoms with Gasteiger partial charge in [0.1, 0.15) is 11.6 Å². The first-order valence-electron chi connectivity index (χ1n) is 7.37. The zero-order valence-corrected chi connectivity index (χ0v) is 11.6. The first kappa shape index (κ1) is 14.0. The first-order valence-corrected chi connectivity index (χ1v) is 7.37. The van der Waals surface area contributed by atoms with Crippen LogP contribution >= 0.6 is 0 Å². The highest BCUT2D eigenvalue weighted by atomic mass is 19.1. The number of ether oxygens (including phenoxy) is 1. The van der Waals surface area contributed by atoms with Gasteiger partial charge in [-0.2, -0.15) is 0 Å². The van der Waals surface area contributed by atoms with Crippen molar-refractivity contribution in [1.82, 2.24) is 4.90 Å². The Bertz CT molecular complexity index is 440. The van der Waals surface area contributed by atoms with E-state index in [9.17, 15) is 8.78 Å². The molecule has 0 N–H and O–H groups in total. The van der Waals surface area contributed by atoms with Crippen LogP contribution in [0.15, 0.2) is 18.2 Å². The second-order valence-electron chi connectivity index (χ2n) is 5.59. The molecular formula is C16H20F2NO. The second-order valence-corrected chi connectivity index (χ2v) is 5.59. The van der Waals surface area contributed by atoms with Crippen molar-refractivity contribution in [2.75, 3.05) is 26.3 Å². The summed E-state index contributed by atoms with van der Waals surface area (Å²) in [6.45, 7) is 3.31. The lowest BCUT2D eigenvalue weighted by Crippen LogP contribution is -2.40. The number of halogens is 2. The van der Waals surface area contributed by atoms with Gasteiger partial charge in [0, 0.05) is 24.7 Å². The number of rotatable bonds is 2. The molecule has 2 nitrogen and oxygen atoms in total. The van der Waals surface area contributed by atoms with E-state index in [2.05, 4.69) is 4.90 Å². The Hall–Kier alpha value is -1.00. The van der Waals surface area contributed by atoms with Gasteiger partial charge in [0.15, 0.2) is 0 Å². The fraction of sp³-hybridized carbons (Fsp3) is 0.562. The van der Waals surface area contributed by atoms with Crippen molar-refractivity contribution in [3.8, 4) is 0 Å². The van der Waals surface area contributed by atoms with E-state index in [1.807, 2.05) is 0 Å². The minimum absolute atomic E-state index is 0.0252. The Morgan fingerprint density at radius 3 is 2.50 bits per heavy atom. The van der Waals surface area contributed by atoms with Crippen molar-refractivity contribution in [3.63, 3.8) is 0 Å². The Kier molecular flexibility index (Phi) is 4.32. The standard InChI is InChI=1S/C16H20F2NO/c17-14-5-2-6-15(18)16(14)12-3-1-4-13(11-12)19-7-9-20-10-8-19/h2,5-6,12H,1,3-4,7-11H2. The van der Waals surface area contributed by atoms with E-state index in [1.54, 1.807) is 0 Å². The molecule has 1 aliphatic heterocycles. The Morgan fingerprint density at radius 2 is 1.80 bits per heavy atom. The van der Waals surface area contributed by atoms with Gasteiger partial charge in [-0.05, 0) is 37.3 Å². The zero-order chi connectivity index (χ0) is 13.9. The smallest absolute Gasteiger partial charge is 0.129 e. The molecule has 1 aromatic rings. The van der Waals surface area contributed by atoms with E-state index in [-0.39, 0.29) is 11.5 Å². The van der Waals surface area contributed by atoms with Crippen LogP contribution in [0.3, 0.4) is 0 Å². The number of nitrogens with zero attached hydrogens (tertiary/aromatic N) is 1. The normalized spacial score (nSPS) is 25.8. The quantitative estimate of drug-likeness (QED) is 0.822. The molecule has 1 unspecified atom stereocenters. The Labute approximate surface area is 118 Å². The number of benzene rings is 1. The van der Waals surface area contributed by atoms with E-state index in [0.29, 0.717) is 0 Å². The van der Waals surface area contributed by atoms with Crippen LogP contribution in [0, 0.1) is 17.7 Å². The summed E-state index contributed by atoms with van der Waals surface area (Å²) in [6.07, 6.45) is 3.70. The van der Waals surface area contributed by atoms with Crippen LogP contribution in [0.25, 0.3) is 0 Å². The third kappa shape index (κ3) is 2.86. The average molecular weight is 280 g/mol. The average Bonchev–Trinajstić information content (AvgIpc) is 2.48. The van der Waals surface area contributed by atoms with E-state index >= 15 is 0 Å². The van der Waals surface area contributed by atoms with E-state index in [4.69, 9.17) is 4.74 Å². The highest BCUT2D eigenvalue weighted by Gasteiger charge is 2.31. The molecule has 1 atom stereocenters. The van der Waals surface area contributed by atoms with Gasteiger partial charge in [0.05, 0.1) is 13.2 Å². The second kappa shape index (κ2) is 6.19. The van der Waals surface area contributed by atoms with Gasteiger partial charge < -0.3 is 4.74 Å². The Morgan fingerprint density at radius 1 is 1.10 bits per heavy atom. The molecule has 109 valence electrons. The molecule has 1 aliphatic carbocycles. The molecule has 4 heteroatoms. The van der Waals surface area contributed by atoms with E-state index < -0.39 is 11.6 Å². The van der Waals surface area contributed by atoms with Gasteiger partial charge in [0.2, 0.25) is 0 Å². The monoisotopic (exact) mass is 280 g/mol. The molecule has 0 bridgehead atoms. The predicted octanol–water partition coefficient (Wildman–Crippen LogP) is 3.49. The van der Waals surface area contributed by atoms with Crippen molar-refractivity contribution in [2.45, 2.75) is 31.6 Å². The molecule has 3 rings (SSSR count). The van der Waals surface area contributed by atoms with Gasteiger partial charge in [0.25, 0.3) is 0 Å². The molecule has 1 aromatic carbocycles. The number of morpholine rings is 1. The maximum Gasteiger partial charge on any atom is 0.129 e. The summed E-state index contributed by atoms with van der Waals surface area (Å²) < 4.78 is 33.2. The van der Waals surface area contributed by atoms with Crippen molar-refractivity contribution in [1.29, 1.82) is 0 Å². The number of hydrogen-bond acceptors (Lipinski definition) is 2. The molecule has 0 spiro atoms.